The van der Waals surface area contributed by atoms with Crippen molar-refractivity contribution < 1.29 is 28.3 Å². The van der Waals surface area contributed by atoms with E-state index < -0.39 is 29.5 Å². The SMILES string of the molecule is CC(C)(C)OC(=O)N[C@@H](C(=O)N1CCN(C2CCN(CC(=O)N3CCN(C(=O)c4cc(Cc5n[nH]c(=O)c6ccccc56)ccc4F)CC3)CC2)CC1)C1CCCCC1. The number of fused-ring (bicyclic) bond motifs is 1. The first-order valence-corrected chi connectivity index (χ1v) is 21.4. The van der Waals surface area contributed by atoms with E-state index in [4.69, 9.17) is 4.74 Å². The number of carbonyl (C=O) groups excluding carboxylic acids is 4. The van der Waals surface area contributed by atoms with E-state index in [2.05, 4.69) is 25.3 Å². The van der Waals surface area contributed by atoms with E-state index in [-0.39, 0.29) is 28.9 Å². The number of H-pyrrole nitrogens is 1. The molecule has 1 atom stereocenters. The lowest BCUT2D eigenvalue weighted by Crippen LogP contribution is -2.59. The van der Waals surface area contributed by atoms with Crippen LogP contribution in [-0.2, 0) is 20.7 Å². The van der Waals surface area contributed by atoms with Crippen molar-refractivity contribution in [2.75, 3.05) is 72.0 Å². The number of amides is 4. The molecule has 4 fully saturated rings. The number of ether oxygens (including phenoxy) is 1. The van der Waals surface area contributed by atoms with Gasteiger partial charge in [0, 0.05) is 83.3 Å². The first-order chi connectivity index (χ1) is 28.3. The van der Waals surface area contributed by atoms with Gasteiger partial charge in [-0.3, -0.25) is 29.0 Å². The van der Waals surface area contributed by atoms with Crippen LogP contribution < -0.4 is 10.9 Å². The summed E-state index contributed by atoms with van der Waals surface area (Å²) in [5, 5.41) is 10.9. The number of likely N-dealkylation sites (tertiary alicyclic amines) is 1. The molecule has 4 amide bonds. The lowest BCUT2D eigenvalue weighted by molar-refractivity contribution is -0.137. The number of hydrogen-bond donors (Lipinski definition) is 2. The Morgan fingerprint density at radius 3 is 2.15 bits per heavy atom. The van der Waals surface area contributed by atoms with Crippen LogP contribution in [0.25, 0.3) is 10.8 Å². The van der Waals surface area contributed by atoms with Gasteiger partial charge in [-0.15, -0.1) is 0 Å². The van der Waals surface area contributed by atoms with E-state index in [1.54, 1.807) is 34.1 Å². The first-order valence-electron chi connectivity index (χ1n) is 21.4. The quantitative estimate of drug-likeness (QED) is 0.327. The lowest BCUT2D eigenvalue weighted by Gasteiger charge is -2.44. The van der Waals surface area contributed by atoms with Crippen molar-refractivity contribution in [3.8, 4) is 0 Å². The third-order valence-electron chi connectivity index (χ3n) is 12.4. The van der Waals surface area contributed by atoms with E-state index in [1.807, 2.05) is 37.8 Å². The van der Waals surface area contributed by atoms with Gasteiger partial charge in [-0.2, -0.15) is 5.10 Å². The number of nitrogens with one attached hydrogen (secondary N) is 2. The Labute approximate surface area is 345 Å². The molecule has 7 rings (SSSR count). The smallest absolute Gasteiger partial charge is 0.408 e. The fourth-order valence-electron chi connectivity index (χ4n) is 9.20. The van der Waals surface area contributed by atoms with Crippen LogP contribution in [0.5, 0.6) is 0 Å². The minimum Gasteiger partial charge on any atom is -0.444 e. The fraction of sp³-hybridized carbons (Fsp3) is 0.591. The van der Waals surface area contributed by atoms with Gasteiger partial charge in [0.05, 0.1) is 23.2 Å². The summed E-state index contributed by atoms with van der Waals surface area (Å²) in [5.41, 5.74) is 0.379. The molecule has 1 aliphatic carbocycles. The van der Waals surface area contributed by atoms with Crippen LogP contribution in [0.3, 0.4) is 0 Å². The summed E-state index contributed by atoms with van der Waals surface area (Å²) in [6.07, 6.45) is 6.81. The van der Waals surface area contributed by atoms with Crippen molar-refractivity contribution >= 4 is 34.6 Å². The molecule has 3 saturated heterocycles. The van der Waals surface area contributed by atoms with Gasteiger partial charge in [0.25, 0.3) is 11.5 Å². The summed E-state index contributed by atoms with van der Waals surface area (Å²) >= 11 is 0. The highest BCUT2D eigenvalue weighted by molar-refractivity contribution is 5.95. The van der Waals surface area contributed by atoms with Gasteiger partial charge in [-0.1, -0.05) is 43.5 Å². The van der Waals surface area contributed by atoms with Gasteiger partial charge in [-0.25, -0.2) is 14.3 Å². The second kappa shape index (κ2) is 18.6. The van der Waals surface area contributed by atoms with Crippen LogP contribution in [0.1, 0.15) is 87.3 Å². The van der Waals surface area contributed by atoms with Crippen molar-refractivity contribution in [2.24, 2.45) is 5.92 Å². The average Bonchev–Trinajstić information content (AvgIpc) is 3.24. The summed E-state index contributed by atoms with van der Waals surface area (Å²) in [6.45, 7) is 11.6. The number of benzene rings is 2. The number of piperidine rings is 1. The Bertz CT molecular complexity index is 2040. The minimum atomic E-state index is -0.640. The van der Waals surface area contributed by atoms with Crippen LogP contribution >= 0.6 is 0 Å². The fourth-order valence-corrected chi connectivity index (χ4v) is 9.20. The minimum absolute atomic E-state index is 0.00628. The van der Waals surface area contributed by atoms with Crippen LogP contribution in [-0.4, -0.2) is 148 Å². The number of piperazine rings is 2. The van der Waals surface area contributed by atoms with Gasteiger partial charge in [0.1, 0.15) is 17.5 Å². The lowest BCUT2D eigenvalue weighted by atomic mass is 9.83. The highest BCUT2D eigenvalue weighted by Crippen LogP contribution is 2.29. The third kappa shape index (κ3) is 10.5. The molecule has 0 bridgehead atoms. The van der Waals surface area contributed by atoms with E-state index in [0.29, 0.717) is 80.3 Å². The maximum absolute atomic E-state index is 15.0. The van der Waals surface area contributed by atoms with E-state index in [9.17, 15) is 24.0 Å². The molecule has 4 aliphatic rings. The third-order valence-corrected chi connectivity index (χ3v) is 12.4. The Hall–Kier alpha value is -4.89. The summed E-state index contributed by atoms with van der Waals surface area (Å²) < 4.78 is 20.6. The van der Waals surface area contributed by atoms with E-state index in [1.165, 1.54) is 6.07 Å². The zero-order valence-corrected chi connectivity index (χ0v) is 34.7. The zero-order valence-electron chi connectivity index (χ0n) is 34.7. The highest BCUT2D eigenvalue weighted by atomic mass is 19.1. The van der Waals surface area contributed by atoms with Crippen molar-refractivity contribution in [3.05, 3.63) is 75.5 Å². The molecule has 0 spiro atoms. The van der Waals surface area contributed by atoms with Crippen LogP contribution in [0.4, 0.5) is 9.18 Å². The Kier molecular flexibility index (Phi) is 13.3. The van der Waals surface area contributed by atoms with Crippen LogP contribution in [0.2, 0.25) is 0 Å². The number of halogens is 1. The molecule has 1 saturated carbocycles. The van der Waals surface area contributed by atoms with Gasteiger partial charge >= 0.3 is 6.09 Å². The molecule has 0 unspecified atom stereocenters. The normalized spacial score (nSPS) is 19.8. The van der Waals surface area contributed by atoms with E-state index in [0.717, 1.165) is 71.1 Å². The van der Waals surface area contributed by atoms with Gasteiger partial charge in [-0.05, 0) is 76.1 Å². The molecule has 3 aliphatic heterocycles. The number of rotatable bonds is 9. The second-order valence-corrected chi connectivity index (χ2v) is 17.6. The number of carbonyl (C=O) groups is 4. The van der Waals surface area contributed by atoms with Gasteiger partial charge < -0.3 is 24.8 Å². The zero-order chi connectivity index (χ0) is 41.7. The van der Waals surface area contributed by atoms with Crippen molar-refractivity contribution in [1.29, 1.82) is 0 Å². The maximum Gasteiger partial charge on any atom is 0.408 e. The second-order valence-electron chi connectivity index (χ2n) is 17.6. The summed E-state index contributed by atoms with van der Waals surface area (Å²) in [7, 11) is 0. The predicted octanol–water partition coefficient (Wildman–Crippen LogP) is 4.02. The molecule has 2 aromatic carbocycles. The molecule has 59 heavy (non-hydrogen) atoms. The molecular formula is C44H59FN8O6. The van der Waals surface area contributed by atoms with Gasteiger partial charge in [0.15, 0.2) is 0 Å². The molecular weight excluding hydrogens is 756 g/mol. The molecule has 15 heteroatoms. The number of alkyl carbamates (subject to hydrolysis) is 1. The largest absolute Gasteiger partial charge is 0.444 e. The molecule has 0 radical (unpaired) electrons. The predicted molar refractivity (Wildman–Crippen MR) is 221 cm³/mol. The number of aromatic amines is 1. The van der Waals surface area contributed by atoms with Crippen molar-refractivity contribution in [1.82, 2.24) is 40.0 Å². The van der Waals surface area contributed by atoms with Crippen molar-refractivity contribution in [2.45, 2.75) is 89.8 Å². The standard InChI is InChI=1S/C44H59FN8O6/c1-44(2,3)59-43(58)46-39(31-9-5-4-6-10-31)42(57)53-23-19-50(20-24-53)32-15-17-49(18-16-32)29-38(54)51-21-25-52(26-22-51)41(56)35-27-30(13-14-36(35)45)28-37-33-11-7-8-12-34(33)40(55)48-47-37/h7-8,11-14,27,31-32,39H,4-6,9-10,15-26,28-29H2,1-3H3,(H,46,58)(H,48,55)/t39-/m1/s1. The first kappa shape index (κ1) is 42.2. The van der Waals surface area contributed by atoms with Crippen molar-refractivity contribution in [3.63, 3.8) is 0 Å². The van der Waals surface area contributed by atoms with E-state index >= 15 is 4.39 Å². The molecule has 2 N–H and O–H groups in total. The van der Waals surface area contributed by atoms with Crippen LogP contribution in [0, 0.1) is 11.7 Å². The molecule has 14 nitrogen and oxygen atoms in total. The van der Waals surface area contributed by atoms with Gasteiger partial charge in [0.2, 0.25) is 11.8 Å². The number of nitrogens with zero attached hydrogens (tertiary/aromatic N) is 6. The molecule has 1 aromatic heterocycles. The summed E-state index contributed by atoms with van der Waals surface area (Å²) in [5.74, 6) is -0.873. The van der Waals surface area contributed by atoms with Crippen LogP contribution in [0.15, 0.2) is 47.3 Å². The Morgan fingerprint density at radius 2 is 1.47 bits per heavy atom. The highest BCUT2D eigenvalue weighted by Gasteiger charge is 2.37. The Balaban J connectivity index is 0.847. The summed E-state index contributed by atoms with van der Waals surface area (Å²) in [4.78, 5) is 75.7. The molecule has 3 aromatic rings. The monoisotopic (exact) mass is 814 g/mol. The number of hydrogen-bond acceptors (Lipinski definition) is 9. The maximum atomic E-state index is 15.0. The average molecular weight is 815 g/mol. The Morgan fingerprint density at radius 1 is 0.831 bits per heavy atom. The molecule has 4 heterocycles. The topological polar surface area (TPSA) is 151 Å². The summed E-state index contributed by atoms with van der Waals surface area (Å²) in [6, 6.07) is 11.5. The number of aromatic nitrogens is 2. The molecule has 318 valence electrons.